The highest BCUT2D eigenvalue weighted by molar-refractivity contribution is 5.96. The van der Waals surface area contributed by atoms with Gasteiger partial charge in [0, 0.05) is 20.1 Å². The number of carbonyl (C=O) groups excluding carboxylic acids is 1. The summed E-state index contributed by atoms with van der Waals surface area (Å²) in [4.78, 5) is 12.1. The van der Waals surface area contributed by atoms with Crippen molar-refractivity contribution in [3.63, 3.8) is 0 Å². The Morgan fingerprint density at radius 1 is 0.862 bits per heavy atom. The van der Waals surface area contributed by atoms with E-state index in [4.69, 9.17) is 4.74 Å². The van der Waals surface area contributed by atoms with Crippen molar-refractivity contribution in [2.45, 2.75) is 130 Å². The molecule has 0 saturated carbocycles. The van der Waals surface area contributed by atoms with Crippen LogP contribution in [0.25, 0.3) is 0 Å². The van der Waals surface area contributed by atoms with Crippen LogP contribution in [0.2, 0.25) is 0 Å². The molecule has 0 bridgehead atoms. The van der Waals surface area contributed by atoms with Crippen LogP contribution in [-0.2, 0) is 9.53 Å². The number of rotatable bonds is 17. The van der Waals surface area contributed by atoms with Gasteiger partial charge in [0.15, 0.2) is 5.78 Å². The fourth-order valence-corrected chi connectivity index (χ4v) is 4.89. The lowest BCUT2D eigenvalue weighted by molar-refractivity contribution is -0.116. The maximum absolute atomic E-state index is 12.1. The van der Waals surface area contributed by atoms with Crippen LogP contribution in [0.5, 0.6) is 0 Å². The van der Waals surface area contributed by atoms with Gasteiger partial charge in [-0.15, -0.1) is 0 Å². The highest BCUT2D eigenvalue weighted by Crippen LogP contribution is 2.41. The molecule has 1 aliphatic carbocycles. The minimum Gasteiger partial charge on any atom is -0.385 e. The van der Waals surface area contributed by atoms with Crippen LogP contribution in [-0.4, -0.2) is 19.5 Å². The predicted octanol–water partition coefficient (Wildman–Crippen LogP) is 8.44. The fraction of sp³-hybridized carbons (Fsp3) is 0.889. The molecule has 2 nitrogen and oxygen atoms in total. The number of methoxy groups -OCH3 is 1. The molecule has 1 aliphatic rings. The fourth-order valence-electron chi connectivity index (χ4n) is 4.89. The van der Waals surface area contributed by atoms with E-state index < -0.39 is 0 Å². The molecular formula is C27H50O2. The highest BCUT2D eigenvalue weighted by Gasteiger charge is 2.31. The molecule has 0 fully saturated rings. The Morgan fingerprint density at radius 3 is 1.97 bits per heavy atom. The van der Waals surface area contributed by atoms with Crippen LogP contribution < -0.4 is 0 Å². The van der Waals surface area contributed by atoms with Gasteiger partial charge in [-0.05, 0) is 49.5 Å². The largest absolute Gasteiger partial charge is 0.385 e. The zero-order chi connectivity index (χ0) is 21.5. The average molecular weight is 407 g/mol. The first-order chi connectivity index (χ1) is 13.9. The number of ketones is 1. The topological polar surface area (TPSA) is 26.3 Å². The normalized spacial score (nSPS) is 17.8. The van der Waals surface area contributed by atoms with Crippen LogP contribution >= 0.6 is 0 Å². The SMILES string of the molecule is COCCCCCCCCCCCCC(C)CCCC1=C(C)C(=O)CCC1(C)C. The molecule has 2 heteroatoms. The molecule has 170 valence electrons. The summed E-state index contributed by atoms with van der Waals surface area (Å²) < 4.78 is 5.09. The average Bonchev–Trinajstić information content (AvgIpc) is 2.68. The van der Waals surface area contributed by atoms with Gasteiger partial charge in [0.1, 0.15) is 0 Å². The molecule has 1 atom stereocenters. The Kier molecular flexibility index (Phi) is 13.9. The van der Waals surface area contributed by atoms with Gasteiger partial charge < -0.3 is 4.74 Å². The second-order valence-corrected chi connectivity index (χ2v) is 10.2. The minimum absolute atomic E-state index is 0.227. The lowest BCUT2D eigenvalue weighted by Gasteiger charge is -2.34. The van der Waals surface area contributed by atoms with Gasteiger partial charge in [0.2, 0.25) is 0 Å². The Labute approximate surface area is 182 Å². The zero-order valence-electron chi connectivity index (χ0n) is 20.4. The van der Waals surface area contributed by atoms with Crippen molar-refractivity contribution in [2.75, 3.05) is 13.7 Å². The summed E-state index contributed by atoms with van der Waals surface area (Å²) in [6, 6.07) is 0. The highest BCUT2D eigenvalue weighted by atomic mass is 16.5. The van der Waals surface area contributed by atoms with E-state index in [0.29, 0.717) is 5.78 Å². The van der Waals surface area contributed by atoms with Crippen LogP contribution in [0.3, 0.4) is 0 Å². The van der Waals surface area contributed by atoms with Crippen molar-refractivity contribution in [3.8, 4) is 0 Å². The van der Waals surface area contributed by atoms with E-state index >= 15 is 0 Å². The molecule has 0 aromatic rings. The molecule has 0 aromatic heterocycles. The first kappa shape index (κ1) is 26.4. The molecule has 0 aliphatic heterocycles. The van der Waals surface area contributed by atoms with Crippen LogP contribution in [0.4, 0.5) is 0 Å². The van der Waals surface area contributed by atoms with E-state index in [1.54, 1.807) is 7.11 Å². The van der Waals surface area contributed by atoms with Crippen molar-refractivity contribution in [1.29, 1.82) is 0 Å². The molecule has 0 aromatic carbocycles. The van der Waals surface area contributed by atoms with E-state index in [9.17, 15) is 4.79 Å². The number of hydrogen-bond donors (Lipinski definition) is 0. The summed E-state index contributed by atoms with van der Waals surface area (Å²) in [5.74, 6) is 1.21. The standard InChI is InChI=1S/C27H50O2/c1-23(17-14-12-10-8-6-7-9-11-13-15-22-29-5)18-16-19-25-24(2)26(28)20-21-27(25,3)4/h23H,6-22H2,1-5H3. The van der Waals surface area contributed by atoms with Gasteiger partial charge in [-0.2, -0.15) is 0 Å². The maximum atomic E-state index is 12.1. The van der Waals surface area contributed by atoms with Gasteiger partial charge >= 0.3 is 0 Å². The Morgan fingerprint density at radius 2 is 1.38 bits per heavy atom. The van der Waals surface area contributed by atoms with Crippen molar-refractivity contribution >= 4 is 5.78 Å². The predicted molar refractivity (Wildman–Crippen MR) is 126 cm³/mol. The van der Waals surface area contributed by atoms with Crippen molar-refractivity contribution in [2.24, 2.45) is 11.3 Å². The summed E-state index contributed by atoms with van der Waals surface area (Å²) in [7, 11) is 1.79. The maximum Gasteiger partial charge on any atom is 0.158 e. The lowest BCUT2D eigenvalue weighted by Crippen LogP contribution is -2.25. The van der Waals surface area contributed by atoms with Gasteiger partial charge in [0.05, 0.1) is 0 Å². The molecule has 0 amide bonds. The van der Waals surface area contributed by atoms with Crippen LogP contribution in [0.15, 0.2) is 11.1 Å². The lowest BCUT2D eigenvalue weighted by atomic mass is 9.70. The van der Waals surface area contributed by atoms with E-state index in [-0.39, 0.29) is 5.41 Å². The van der Waals surface area contributed by atoms with Crippen LogP contribution in [0.1, 0.15) is 130 Å². The number of allylic oxidation sites excluding steroid dienone is 2. The quantitative estimate of drug-likeness (QED) is 0.226. The molecule has 0 radical (unpaired) electrons. The second kappa shape index (κ2) is 15.2. The van der Waals surface area contributed by atoms with E-state index in [0.717, 1.165) is 37.4 Å². The molecule has 0 saturated heterocycles. The van der Waals surface area contributed by atoms with Crippen molar-refractivity contribution < 1.29 is 9.53 Å². The van der Waals surface area contributed by atoms with Gasteiger partial charge in [-0.1, -0.05) is 97.0 Å². The summed E-state index contributed by atoms with van der Waals surface area (Å²) in [6.07, 6.45) is 20.6. The summed E-state index contributed by atoms with van der Waals surface area (Å²) in [5, 5.41) is 0. The summed E-state index contributed by atoms with van der Waals surface area (Å²) >= 11 is 0. The Balaban J connectivity index is 2.00. The van der Waals surface area contributed by atoms with E-state index in [1.165, 1.54) is 89.0 Å². The number of Topliss-reactive ketones (excluding diaryl/α,β-unsaturated/α-hetero) is 1. The van der Waals surface area contributed by atoms with E-state index in [1.807, 2.05) is 0 Å². The monoisotopic (exact) mass is 406 g/mol. The molecule has 29 heavy (non-hydrogen) atoms. The first-order valence-electron chi connectivity index (χ1n) is 12.6. The summed E-state index contributed by atoms with van der Waals surface area (Å²) in [6.45, 7) is 10.0. The molecular weight excluding hydrogens is 356 g/mol. The third-order valence-electron chi connectivity index (χ3n) is 7.08. The second-order valence-electron chi connectivity index (χ2n) is 10.2. The third-order valence-corrected chi connectivity index (χ3v) is 7.08. The molecule has 0 N–H and O–H groups in total. The van der Waals surface area contributed by atoms with Gasteiger partial charge in [0.25, 0.3) is 0 Å². The number of unbranched alkanes of at least 4 members (excludes halogenated alkanes) is 9. The smallest absolute Gasteiger partial charge is 0.158 e. The first-order valence-corrected chi connectivity index (χ1v) is 12.6. The van der Waals surface area contributed by atoms with Gasteiger partial charge in [-0.25, -0.2) is 0 Å². The van der Waals surface area contributed by atoms with Crippen molar-refractivity contribution in [1.82, 2.24) is 0 Å². The molecule has 1 unspecified atom stereocenters. The third kappa shape index (κ3) is 11.4. The van der Waals surface area contributed by atoms with Crippen LogP contribution in [0, 0.1) is 11.3 Å². The minimum atomic E-state index is 0.227. The number of ether oxygens (including phenoxy) is 1. The Hall–Kier alpha value is -0.630. The van der Waals surface area contributed by atoms with Gasteiger partial charge in [-0.3, -0.25) is 4.79 Å². The Bertz CT molecular complexity index is 475. The van der Waals surface area contributed by atoms with Crippen molar-refractivity contribution in [3.05, 3.63) is 11.1 Å². The molecule has 0 spiro atoms. The molecule has 1 rings (SSSR count). The number of hydrogen-bond acceptors (Lipinski definition) is 2. The van der Waals surface area contributed by atoms with E-state index in [2.05, 4.69) is 27.7 Å². The zero-order valence-corrected chi connectivity index (χ0v) is 20.4. The number of carbonyl (C=O) groups is 1. The summed E-state index contributed by atoms with van der Waals surface area (Å²) in [5.41, 5.74) is 2.74. The molecule has 0 heterocycles.